The molecule has 2 nitrogen and oxygen atoms in total. The molecule has 88 valence electrons. The van der Waals surface area contributed by atoms with Gasteiger partial charge in [-0.1, -0.05) is 28.1 Å². The minimum atomic E-state index is -0.230. The molecule has 0 aromatic heterocycles. The molecule has 0 spiro atoms. The van der Waals surface area contributed by atoms with Crippen LogP contribution in [0.2, 0.25) is 0 Å². The fraction of sp³-hybridized carbons (Fsp3) is 0.462. The van der Waals surface area contributed by atoms with Crippen molar-refractivity contribution in [1.82, 2.24) is 0 Å². The first-order valence-electron chi connectivity index (χ1n) is 5.51. The van der Waals surface area contributed by atoms with Crippen LogP contribution in [0.25, 0.3) is 0 Å². The summed E-state index contributed by atoms with van der Waals surface area (Å²) in [6.07, 6.45) is 2.15. The van der Waals surface area contributed by atoms with Crippen molar-refractivity contribution in [2.45, 2.75) is 26.7 Å². The minimum Gasteiger partial charge on any atom is -0.462 e. The van der Waals surface area contributed by atoms with Gasteiger partial charge in [0.05, 0.1) is 12.2 Å². The van der Waals surface area contributed by atoms with Crippen molar-refractivity contribution in [2.75, 3.05) is 11.9 Å². The van der Waals surface area contributed by atoms with Gasteiger partial charge in [-0.15, -0.1) is 0 Å². The molecule has 0 aliphatic rings. The summed E-state index contributed by atoms with van der Waals surface area (Å²) < 4.78 is 4.98. The highest BCUT2D eigenvalue weighted by atomic mass is 79.9. The molecule has 0 saturated carbocycles. The van der Waals surface area contributed by atoms with Crippen LogP contribution in [0.5, 0.6) is 0 Å². The number of aryl methyl sites for hydroxylation is 2. The van der Waals surface area contributed by atoms with Gasteiger partial charge < -0.3 is 4.74 Å². The van der Waals surface area contributed by atoms with Gasteiger partial charge in [-0.2, -0.15) is 0 Å². The lowest BCUT2D eigenvalue weighted by molar-refractivity contribution is 0.0525. The van der Waals surface area contributed by atoms with E-state index in [-0.39, 0.29) is 5.97 Å². The van der Waals surface area contributed by atoms with E-state index in [4.69, 9.17) is 4.74 Å². The minimum absolute atomic E-state index is 0.230. The van der Waals surface area contributed by atoms with E-state index in [0.29, 0.717) is 12.2 Å². The summed E-state index contributed by atoms with van der Waals surface area (Å²) in [5.41, 5.74) is 2.93. The number of halogens is 1. The van der Waals surface area contributed by atoms with Crippen molar-refractivity contribution in [3.8, 4) is 0 Å². The molecule has 1 aromatic rings. The van der Waals surface area contributed by atoms with E-state index in [1.54, 1.807) is 0 Å². The summed E-state index contributed by atoms with van der Waals surface area (Å²) in [7, 11) is 0. The monoisotopic (exact) mass is 284 g/mol. The Bertz CT molecular complexity index is 361. The van der Waals surface area contributed by atoms with E-state index in [1.165, 1.54) is 5.56 Å². The van der Waals surface area contributed by atoms with Crippen molar-refractivity contribution < 1.29 is 9.53 Å². The molecule has 0 aliphatic heterocycles. The van der Waals surface area contributed by atoms with Crippen molar-refractivity contribution in [2.24, 2.45) is 0 Å². The second-order valence-electron chi connectivity index (χ2n) is 3.66. The van der Waals surface area contributed by atoms with Crippen LogP contribution in [0.4, 0.5) is 0 Å². The molecule has 16 heavy (non-hydrogen) atoms. The predicted molar refractivity (Wildman–Crippen MR) is 69.3 cm³/mol. The van der Waals surface area contributed by atoms with Gasteiger partial charge in [-0.05, 0) is 43.9 Å². The topological polar surface area (TPSA) is 26.3 Å². The Morgan fingerprint density at radius 3 is 2.75 bits per heavy atom. The van der Waals surface area contributed by atoms with Gasteiger partial charge in [0.25, 0.3) is 0 Å². The molecule has 1 aromatic carbocycles. The quantitative estimate of drug-likeness (QED) is 0.611. The number of benzene rings is 1. The molecule has 0 bridgehead atoms. The van der Waals surface area contributed by atoms with E-state index < -0.39 is 0 Å². The number of carbonyl (C=O) groups is 1. The molecule has 0 radical (unpaired) electrons. The number of rotatable bonds is 5. The van der Waals surface area contributed by atoms with Crippen LogP contribution in [-0.4, -0.2) is 17.9 Å². The van der Waals surface area contributed by atoms with Crippen LogP contribution >= 0.6 is 15.9 Å². The maximum absolute atomic E-state index is 11.6. The highest BCUT2D eigenvalue weighted by molar-refractivity contribution is 9.09. The van der Waals surface area contributed by atoms with Crippen LogP contribution in [0.1, 0.15) is 34.8 Å². The van der Waals surface area contributed by atoms with Gasteiger partial charge in [0.15, 0.2) is 0 Å². The molecule has 0 amide bonds. The lowest BCUT2D eigenvalue weighted by Crippen LogP contribution is -2.07. The molecule has 0 fully saturated rings. The standard InChI is InChI=1S/C13H17BrO2/c1-3-16-13(15)12-7-6-11(5-4-8-14)9-10(12)2/h6-7,9H,3-5,8H2,1-2H3. The Labute approximate surface area is 105 Å². The molecule has 0 atom stereocenters. The van der Waals surface area contributed by atoms with Gasteiger partial charge in [0.1, 0.15) is 0 Å². The smallest absolute Gasteiger partial charge is 0.338 e. The molecule has 0 saturated heterocycles. The Hall–Kier alpha value is -0.830. The number of alkyl halides is 1. The van der Waals surface area contributed by atoms with Crippen LogP contribution in [-0.2, 0) is 11.2 Å². The second kappa shape index (κ2) is 6.69. The van der Waals surface area contributed by atoms with Crippen LogP contribution in [0.15, 0.2) is 18.2 Å². The van der Waals surface area contributed by atoms with Gasteiger partial charge in [-0.3, -0.25) is 0 Å². The van der Waals surface area contributed by atoms with Gasteiger partial charge in [-0.25, -0.2) is 4.79 Å². The summed E-state index contributed by atoms with van der Waals surface area (Å²) in [6.45, 7) is 4.19. The number of carbonyl (C=O) groups excluding carboxylic acids is 1. The van der Waals surface area contributed by atoms with E-state index in [1.807, 2.05) is 26.0 Å². The molecule has 0 heterocycles. The number of ether oxygens (including phenoxy) is 1. The summed E-state index contributed by atoms with van der Waals surface area (Å²) in [5, 5.41) is 1.01. The van der Waals surface area contributed by atoms with E-state index >= 15 is 0 Å². The van der Waals surface area contributed by atoms with Gasteiger partial charge in [0, 0.05) is 5.33 Å². The highest BCUT2D eigenvalue weighted by Crippen LogP contribution is 2.14. The Morgan fingerprint density at radius 2 is 2.19 bits per heavy atom. The van der Waals surface area contributed by atoms with Crippen molar-refractivity contribution in [1.29, 1.82) is 0 Å². The zero-order valence-electron chi connectivity index (χ0n) is 9.75. The van der Waals surface area contributed by atoms with Gasteiger partial charge >= 0.3 is 5.97 Å². The molecule has 0 aliphatic carbocycles. The maximum Gasteiger partial charge on any atom is 0.338 e. The van der Waals surface area contributed by atoms with E-state index in [2.05, 4.69) is 22.0 Å². The third kappa shape index (κ3) is 3.63. The average molecular weight is 285 g/mol. The normalized spacial score (nSPS) is 10.2. The molecule has 0 unspecified atom stereocenters. The molecular weight excluding hydrogens is 268 g/mol. The Morgan fingerprint density at radius 1 is 1.44 bits per heavy atom. The first kappa shape index (κ1) is 13.2. The SMILES string of the molecule is CCOC(=O)c1ccc(CCCBr)cc1C. The summed E-state index contributed by atoms with van der Waals surface area (Å²) >= 11 is 3.41. The highest BCUT2D eigenvalue weighted by Gasteiger charge is 2.09. The van der Waals surface area contributed by atoms with Crippen LogP contribution in [0.3, 0.4) is 0 Å². The second-order valence-corrected chi connectivity index (χ2v) is 4.46. The molecule has 1 rings (SSSR count). The summed E-state index contributed by atoms with van der Waals surface area (Å²) in [6, 6.07) is 5.92. The summed E-state index contributed by atoms with van der Waals surface area (Å²) in [5.74, 6) is -0.230. The third-order valence-electron chi connectivity index (χ3n) is 2.39. The lowest BCUT2D eigenvalue weighted by atomic mass is 10.0. The third-order valence-corrected chi connectivity index (χ3v) is 2.95. The molecule has 0 N–H and O–H groups in total. The lowest BCUT2D eigenvalue weighted by Gasteiger charge is -2.07. The Balaban J connectivity index is 2.78. The van der Waals surface area contributed by atoms with Crippen LogP contribution < -0.4 is 0 Å². The first-order valence-corrected chi connectivity index (χ1v) is 6.63. The Kier molecular flexibility index (Phi) is 5.53. The van der Waals surface area contributed by atoms with Gasteiger partial charge in [0.2, 0.25) is 0 Å². The number of hydrogen-bond donors (Lipinski definition) is 0. The largest absolute Gasteiger partial charge is 0.462 e. The van der Waals surface area contributed by atoms with Crippen molar-refractivity contribution in [3.63, 3.8) is 0 Å². The number of hydrogen-bond acceptors (Lipinski definition) is 2. The summed E-state index contributed by atoms with van der Waals surface area (Å²) in [4.78, 5) is 11.6. The zero-order valence-corrected chi connectivity index (χ0v) is 11.3. The van der Waals surface area contributed by atoms with Crippen molar-refractivity contribution >= 4 is 21.9 Å². The average Bonchev–Trinajstić information content (AvgIpc) is 2.26. The zero-order chi connectivity index (χ0) is 12.0. The van der Waals surface area contributed by atoms with Crippen LogP contribution in [0, 0.1) is 6.92 Å². The number of esters is 1. The molecular formula is C13H17BrO2. The predicted octanol–water partition coefficient (Wildman–Crippen LogP) is 3.50. The first-order chi connectivity index (χ1) is 7.69. The fourth-order valence-corrected chi connectivity index (χ4v) is 1.87. The molecule has 3 heteroatoms. The maximum atomic E-state index is 11.6. The van der Waals surface area contributed by atoms with Crippen molar-refractivity contribution in [3.05, 3.63) is 34.9 Å². The van der Waals surface area contributed by atoms with E-state index in [9.17, 15) is 4.79 Å². The fourth-order valence-electron chi connectivity index (χ4n) is 1.59. The van der Waals surface area contributed by atoms with E-state index in [0.717, 1.165) is 23.7 Å².